The number of hydrogen-bond acceptors (Lipinski definition) is 5. The van der Waals surface area contributed by atoms with Crippen molar-refractivity contribution in [2.45, 2.75) is 18.6 Å². The van der Waals surface area contributed by atoms with Crippen LogP contribution < -0.4 is 4.74 Å². The Kier molecular flexibility index (Phi) is 4.26. The van der Waals surface area contributed by atoms with Crippen LogP contribution >= 0.6 is 0 Å². The van der Waals surface area contributed by atoms with Crippen molar-refractivity contribution in [3.05, 3.63) is 66.5 Å². The minimum atomic E-state index is -0.0639. The average Bonchev–Trinajstić information content (AvgIpc) is 3.11. The molecule has 4 heterocycles. The molecule has 2 saturated heterocycles. The Bertz CT molecular complexity index is 925. The van der Waals surface area contributed by atoms with Crippen molar-refractivity contribution in [3.63, 3.8) is 0 Å². The van der Waals surface area contributed by atoms with Gasteiger partial charge in [-0.25, -0.2) is 4.98 Å². The lowest BCUT2D eigenvalue weighted by atomic mass is 9.81. The molecule has 1 atom stereocenters. The molecule has 0 bridgehead atoms. The van der Waals surface area contributed by atoms with E-state index in [1.807, 2.05) is 30.3 Å². The predicted molar refractivity (Wildman–Crippen MR) is 104 cm³/mol. The van der Waals surface area contributed by atoms with E-state index in [-0.39, 0.29) is 5.60 Å². The third-order valence-corrected chi connectivity index (χ3v) is 5.69. The van der Waals surface area contributed by atoms with Gasteiger partial charge in [0.2, 0.25) is 5.88 Å². The number of likely N-dealkylation sites (tertiary alicyclic amines) is 1. The van der Waals surface area contributed by atoms with Gasteiger partial charge in [-0.1, -0.05) is 30.3 Å². The van der Waals surface area contributed by atoms with E-state index in [0.717, 1.165) is 43.9 Å². The van der Waals surface area contributed by atoms with Crippen LogP contribution in [-0.4, -0.2) is 46.8 Å². The van der Waals surface area contributed by atoms with E-state index in [2.05, 4.69) is 34.1 Å². The Morgan fingerprint density at radius 3 is 2.85 bits per heavy atom. The second-order valence-electron chi connectivity index (χ2n) is 7.52. The van der Waals surface area contributed by atoms with Crippen molar-refractivity contribution >= 4 is 10.9 Å². The van der Waals surface area contributed by atoms with Gasteiger partial charge in [0.05, 0.1) is 23.4 Å². The molecule has 2 aromatic heterocycles. The summed E-state index contributed by atoms with van der Waals surface area (Å²) in [6.07, 6.45) is 2.81. The van der Waals surface area contributed by atoms with E-state index in [0.29, 0.717) is 18.4 Å². The fraction of sp³-hybridized carbons (Fsp3) is 0.364. The van der Waals surface area contributed by atoms with Crippen LogP contribution in [0.25, 0.3) is 10.9 Å². The smallest absolute Gasteiger partial charge is 0.213 e. The summed E-state index contributed by atoms with van der Waals surface area (Å²) in [6.45, 7) is 4.23. The molecule has 5 heteroatoms. The Balaban J connectivity index is 1.20. The SMILES string of the molecule is c1ccc(OCC2CCOC23CN(Cc2ccc4ccccc4n2)C3)nc1. The van der Waals surface area contributed by atoms with Crippen molar-refractivity contribution in [1.29, 1.82) is 0 Å². The average molecular weight is 361 g/mol. The van der Waals surface area contributed by atoms with E-state index in [4.69, 9.17) is 14.5 Å². The minimum absolute atomic E-state index is 0.0639. The molecule has 2 fully saturated rings. The van der Waals surface area contributed by atoms with Gasteiger partial charge in [0.15, 0.2) is 0 Å². The second kappa shape index (κ2) is 6.91. The number of fused-ring (bicyclic) bond motifs is 1. The molecule has 5 nitrogen and oxygen atoms in total. The maximum atomic E-state index is 6.15. The molecule has 1 aromatic carbocycles. The van der Waals surface area contributed by atoms with Gasteiger partial charge in [-0.2, -0.15) is 0 Å². The van der Waals surface area contributed by atoms with Crippen LogP contribution in [-0.2, 0) is 11.3 Å². The zero-order valence-corrected chi connectivity index (χ0v) is 15.3. The normalized spacial score (nSPS) is 21.4. The van der Waals surface area contributed by atoms with Gasteiger partial charge >= 0.3 is 0 Å². The van der Waals surface area contributed by atoms with Crippen LogP contribution in [0.2, 0.25) is 0 Å². The maximum Gasteiger partial charge on any atom is 0.213 e. The first kappa shape index (κ1) is 16.7. The predicted octanol–water partition coefficient (Wildman–Crippen LogP) is 3.30. The van der Waals surface area contributed by atoms with Crippen molar-refractivity contribution in [2.24, 2.45) is 5.92 Å². The quantitative estimate of drug-likeness (QED) is 0.698. The molecule has 0 radical (unpaired) electrons. The molecule has 2 aliphatic heterocycles. The molecule has 5 rings (SSSR count). The highest BCUT2D eigenvalue weighted by atomic mass is 16.5. The molecule has 1 unspecified atom stereocenters. The maximum absolute atomic E-state index is 6.15. The first-order chi connectivity index (χ1) is 13.3. The first-order valence-corrected chi connectivity index (χ1v) is 9.56. The highest BCUT2D eigenvalue weighted by Gasteiger charge is 2.53. The second-order valence-corrected chi connectivity index (χ2v) is 7.52. The standard InChI is InChI=1S/C22H23N3O2/c1-2-6-20-17(5-1)8-9-19(24-20)13-25-15-22(16-25)18(10-12-27-22)14-26-21-7-3-4-11-23-21/h1-9,11,18H,10,12-16H2. The van der Waals surface area contributed by atoms with E-state index < -0.39 is 0 Å². The van der Waals surface area contributed by atoms with Crippen LogP contribution in [0, 0.1) is 5.92 Å². The number of nitrogens with zero attached hydrogens (tertiary/aromatic N) is 3. The van der Waals surface area contributed by atoms with Gasteiger partial charge in [-0.15, -0.1) is 0 Å². The Labute approximate surface area is 159 Å². The summed E-state index contributed by atoms with van der Waals surface area (Å²) in [6, 6.07) is 18.3. The molecule has 3 aromatic rings. The van der Waals surface area contributed by atoms with Gasteiger partial charge in [0.1, 0.15) is 0 Å². The van der Waals surface area contributed by atoms with E-state index >= 15 is 0 Å². The summed E-state index contributed by atoms with van der Waals surface area (Å²) in [4.78, 5) is 11.4. The number of para-hydroxylation sites is 1. The van der Waals surface area contributed by atoms with Gasteiger partial charge < -0.3 is 9.47 Å². The van der Waals surface area contributed by atoms with Gasteiger partial charge in [-0.05, 0) is 24.6 Å². The van der Waals surface area contributed by atoms with Crippen molar-refractivity contribution in [1.82, 2.24) is 14.9 Å². The molecule has 0 amide bonds. The largest absolute Gasteiger partial charge is 0.477 e. The fourth-order valence-electron chi connectivity index (χ4n) is 4.24. The van der Waals surface area contributed by atoms with Crippen LogP contribution in [0.5, 0.6) is 5.88 Å². The van der Waals surface area contributed by atoms with Gasteiger partial charge in [0, 0.05) is 49.8 Å². The highest BCUT2D eigenvalue weighted by Crippen LogP contribution is 2.40. The number of rotatable bonds is 5. The number of aromatic nitrogens is 2. The summed E-state index contributed by atoms with van der Waals surface area (Å²) < 4.78 is 12.1. The molecule has 0 aliphatic carbocycles. The molecule has 1 spiro atoms. The number of benzene rings is 1. The van der Waals surface area contributed by atoms with Crippen molar-refractivity contribution < 1.29 is 9.47 Å². The molecule has 27 heavy (non-hydrogen) atoms. The molecular formula is C22H23N3O2. The van der Waals surface area contributed by atoms with Gasteiger partial charge in [-0.3, -0.25) is 9.88 Å². The van der Waals surface area contributed by atoms with E-state index in [1.54, 1.807) is 6.20 Å². The zero-order chi connectivity index (χ0) is 18.1. The Morgan fingerprint density at radius 2 is 1.96 bits per heavy atom. The number of pyridine rings is 2. The van der Waals surface area contributed by atoms with Crippen LogP contribution in [0.1, 0.15) is 12.1 Å². The zero-order valence-electron chi connectivity index (χ0n) is 15.3. The van der Waals surface area contributed by atoms with E-state index in [1.165, 1.54) is 5.39 Å². The highest BCUT2D eigenvalue weighted by molar-refractivity contribution is 5.78. The third kappa shape index (κ3) is 3.29. The molecular weight excluding hydrogens is 338 g/mol. The lowest BCUT2D eigenvalue weighted by molar-refractivity contribution is -0.141. The molecule has 2 aliphatic rings. The molecule has 0 N–H and O–H groups in total. The summed E-state index contributed by atoms with van der Waals surface area (Å²) in [5.74, 6) is 1.11. The summed E-state index contributed by atoms with van der Waals surface area (Å²) in [5, 5.41) is 1.19. The number of hydrogen-bond donors (Lipinski definition) is 0. The Morgan fingerprint density at radius 1 is 1.07 bits per heavy atom. The Hall–Kier alpha value is -2.50. The van der Waals surface area contributed by atoms with Crippen LogP contribution in [0.4, 0.5) is 0 Å². The summed E-state index contributed by atoms with van der Waals surface area (Å²) >= 11 is 0. The van der Waals surface area contributed by atoms with Crippen LogP contribution in [0.3, 0.4) is 0 Å². The van der Waals surface area contributed by atoms with Crippen LogP contribution in [0.15, 0.2) is 60.8 Å². The third-order valence-electron chi connectivity index (χ3n) is 5.69. The lowest BCUT2D eigenvalue weighted by Gasteiger charge is -2.50. The molecule has 0 saturated carbocycles. The first-order valence-electron chi connectivity index (χ1n) is 9.56. The minimum Gasteiger partial charge on any atom is -0.477 e. The lowest BCUT2D eigenvalue weighted by Crippen LogP contribution is -2.64. The van der Waals surface area contributed by atoms with Crippen molar-refractivity contribution in [3.8, 4) is 5.88 Å². The van der Waals surface area contributed by atoms with Gasteiger partial charge in [0.25, 0.3) is 0 Å². The fourth-order valence-corrected chi connectivity index (χ4v) is 4.24. The monoisotopic (exact) mass is 361 g/mol. The topological polar surface area (TPSA) is 47.5 Å². The molecule has 138 valence electrons. The summed E-state index contributed by atoms with van der Waals surface area (Å²) in [5.41, 5.74) is 2.11. The van der Waals surface area contributed by atoms with E-state index in [9.17, 15) is 0 Å². The summed E-state index contributed by atoms with van der Waals surface area (Å²) in [7, 11) is 0. The number of ether oxygens (including phenoxy) is 2. The van der Waals surface area contributed by atoms with Crippen molar-refractivity contribution in [2.75, 3.05) is 26.3 Å².